The Labute approximate surface area is 158 Å². The predicted octanol–water partition coefficient (Wildman–Crippen LogP) is 2.42. The highest BCUT2D eigenvalue weighted by Gasteiger charge is 2.34. The third kappa shape index (κ3) is 3.46. The van der Waals surface area contributed by atoms with Gasteiger partial charge in [0.15, 0.2) is 0 Å². The second kappa shape index (κ2) is 7.40. The van der Waals surface area contributed by atoms with Crippen molar-refractivity contribution in [1.29, 1.82) is 0 Å². The summed E-state index contributed by atoms with van der Waals surface area (Å²) in [5.74, 6) is 0. The van der Waals surface area contributed by atoms with Gasteiger partial charge in [-0.15, -0.1) is 0 Å². The van der Waals surface area contributed by atoms with Crippen LogP contribution in [0.1, 0.15) is 19.3 Å². The maximum absolute atomic E-state index is 13.2. The molecule has 0 radical (unpaired) electrons. The molecule has 1 unspecified atom stereocenters. The van der Waals surface area contributed by atoms with Crippen molar-refractivity contribution < 1.29 is 13.2 Å². The number of nitrogens with zero attached hydrogens (tertiary/aromatic N) is 2. The number of sulfonamides is 1. The number of ether oxygens (including phenoxy) is 1. The Morgan fingerprint density at radius 2 is 1.96 bits per heavy atom. The lowest BCUT2D eigenvalue weighted by Gasteiger charge is -2.26. The Morgan fingerprint density at radius 3 is 2.77 bits per heavy atom. The number of benzene rings is 1. The first-order valence-electron chi connectivity index (χ1n) is 8.92. The number of aromatic nitrogens is 1. The van der Waals surface area contributed by atoms with Gasteiger partial charge in [-0.3, -0.25) is 4.98 Å². The third-order valence-corrected chi connectivity index (χ3v) is 7.35. The van der Waals surface area contributed by atoms with Crippen LogP contribution in [0, 0.1) is 0 Å². The summed E-state index contributed by atoms with van der Waals surface area (Å²) in [6, 6.07) is 5.78. The summed E-state index contributed by atoms with van der Waals surface area (Å²) >= 11 is 6.26. The van der Waals surface area contributed by atoms with E-state index in [4.69, 9.17) is 16.3 Å². The van der Waals surface area contributed by atoms with E-state index in [2.05, 4.69) is 10.3 Å². The van der Waals surface area contributed by atoms with Crippen molar-refractivity contribution in [1.82, 2.24) is 14.6 Å². The molecule has 2 saturated heterocycles. The van der Waals surface area contributed by atoms with Gasteiger partial charge in [0, 0.05) is 61.6 Å². The van der Waals surface area contributed by atoms with Gasteiger partial charge >= 0.3 is 0 Å². The molecular weight excluding hydrogens is 374 g/mol. The van der Waals surface area contributed by atoms with Crippen LogP contribution < -0.4 is 5.32 Å². The van der Waals surface area contributed by atoms with E-state index < -0.39 is 10.0 Å². The lowest BCUT2D eigenvalue weighted by atomic mass is 10.1. The molecule has 0 saturated carbocycles. The number of hydrogen-bond acceptors (Lipinski definition) is 5. The molecule has 4 rings (SSSR count). The number of hydrogen-bond donors (Lipinski definition) is 1. The zero-order valence-corrected chi connectivity index (χ0v) is 16.0. The van der Waals surface area contributed by atoms with Crippen molar-refractivity contribution in [3.8, 4) is 0 Å². The van der Waals surface area contributed by atoms with Gasteiger partial charge < -0.3 is 10.1 Å². The number of nitrogens with one attached hydrogen (secondary N) is 1. The van der Waals surface area contributed by atoms with E-state index >= 15 is 0 Å². The highest BCUT2D eigenvalue weighted by Crippen LogP contribution is 2.32. The Morgan fingerprint density at radius 1 is 1.15 bits per heavy atom. The van der Waals surface area contributed by atoms with E-state index in [0.717, 1.165) is 37.9 Å². The summed E-state index contributed by atoms with van der Waals surface area (Å²) in [7, 11) is -3.61. The first-order chi connectivity index (χ1) is 12.6. The molecule has 140 valence electrons. The van der Waals surface area contributed by atoms with Gasteiger partial charge in [-0.25, -0.2) is 8.42 Å². The van der Waals surface area contributed by atoms with Crippen molar-refractivity contribution in [3.63, 3.8) is 0 Å². The maximum Gasteiger partial charge on any atom is 0.243 e. The average Bonchev–Trinajstić information content (AvgIpc) is 3.12. The van der Waals surface area contributed by atoms with Gasteiger partial charge in [0.05, 0.1) is 9.92 Å². The minimum Gasteiger partial charge on any atom is -0.381 e. The van der Waals surface area contributed by atoms with Crippen LogP contribution in [0.25, 0.3) is 10.8 Å². The Balaban J connectivity index is 1.56. The standard InChI is InChI=1S/C18H22ClN3O3S/c19-16-11-20-10-13-2-1-3-17(18(13)16)26(23,24)22-7-4-15(12-22)21-14-5-8-25-9-6-14/h1-3,10-11,14-15,21H,4-9,12H2. The molecule has 1 N–H and O–H groups in total. The molecule has 0 aliphatic carbocycles. The van der Waals surface area contributed by atoms with E-state index in [0.29, 0.717) is 29.5 Å². The molecule has 1 atom stereocenters. The van der Waals surface area contributed by atoms with E-state index in [1.54, 1.807) is 22.6 Å². The minimum absolute atomic E-state index is 0.181. The Kier molecular flexibility index (Phi) is 5.16. The highest BCUT2D eigenvalue weighted by atomic mass is 35.5. The summed E-state index contributed by atoms with van der Waals surface area (Å²) in [4.78, 5) is 4.31. The van der Waals surface area contributed by atoms with Crippen LogP contribution in [0.3, 0.4) is 0 Å². The summed E-state index contributed by atoms with van der Waals surface area (Å²) in [5.41, 5.74) is 0. The molecule has 0 spiro atoms. The fraction of sp³-hybridized carbons (Fsp3) is 0.500. The minimum atomic E-state index is -3.61. The molecule has 2 aliphatic rings. The summed E-state index contributed by atoms with van der Waals surface area (Å²) < 4.78 is 33.4. The number of pyridine rings is 1. The smallest absolute Gasteiger partial charge is 0.243 e. The van der Waals surface area contributed by atoms with Gasteiger partial charge in [0.1, 0.15) is 0 Å². The van der Waals surface area contributed by atoms with Gasteiger partial charge in [-0.2, -0.15) is 4.31 Å². The summed E-state index contributed by atoms with van der Waals surface area (Å²) in [5, 5.41) is 5.23. The summed E-state index contributed by atoms with van der Waals surface area (Å²) in [6.45, 7) is 2.55. The molecule has 1 aromatic carbocycles. The molecule has 8 heteroatoms. The van der Waals surface area contributed by atoms with E-state index in [9.17, 15) is 8.42 Å². The van der Waals surface area contributed by atoms with Gasteiger partial charge in [-0.1, -0.05) is 23.7 Å². The molecular formula is C18H22ClN3O3S. The first-order valence-corrected chi connectivity index (χ1v) is 10.7. The normalized spacial score (nSPS) is 22.9. The maximum atomic E-state index is 13.2. The molecule has 2 aliphatic heterocycles. The molecule has 1 aromatic heterocycles. The SMILES string of the molecule is O=S(=O)(c1cccc2cncc(Cl)c12)N1CCC(NC2CCOCC2)C1. The molecule has 6 nitrogen and oxygen atoms in total. The number of rotatable bonds is 4. The number of fused-ring (bicyclic) bond motifs is 1. The van der Waals surface area contributed by atoms with Crippen molar-refractivity contribution in [2.75, 3.05) is 26.3 Å². The Hall–Kier alpha value is -1.25. The largest absolute Gasteiger partial charge is 0.381 e. The fourth-order valence-electron chi connectivity index (χ4n) is 3.79. The van der Waals surface area contributed by atoms with E-state index in [-0.39, 0.29) is 10.9 Å². The second-order valence-corrected chi connectivity index (χ2v) is 9.19. The lowest BCUT2D eigenvalue weighted by Crippen LogP contribution is -2.43. The monoisotopic (exact) mass is 395 g/mol. The summed E-state index contributed by atoms with van der Waals surface area (Å²) in [6.07, 6.45) is 5.91. The first kappa shape index (κ1) is 18.1. The van der Waals surface area contributed by atoms with E-state index in [1.165, 1.54) is 6.20 Å². The molecule has 3 heterocycles. The van der Waals surface area contributed by atoms with E-state index in [1.807, 2.05) is 6.07 Å². The number of halogens is 1. The van der Waals surface area contributed by atoms with Crippen molar-refractivity contribution >= 4 is 32.4 Å². The lowest BCUT2D eigenvalue weighted by molar-refractivity contribution is 0.0753. The molecule has 2 fully saturated rings. The highest BCUT2D eigenvalue weighted by molar-refractivity contribution is 7.89. The van der Waals surface area contributed by atoms with Gasteiger partial charge in [0.2, 0.25) is 10.0 Å². The van der Waals surface area contributed by atoms with Crippen LogP contribution in [-0.4, -0.2) is 56.1 Å². The predicted molar refractivity (Wildman–Crippen MR) is 101 cm³/mol. The molecule has 0 amide bonds. The van der Waals surface area contributed by atoms with Crippen molar-refractivity contribution in [3.05, 3.63) is 35.6 Å². The molecule has 0 bridgehead atoms. The Bertz CT molecular complexity index is 894. The van der Waals surface area contributed by atoms with Crippen molar-refractivity contribution in [2.45, 2.75) is 36.2 Å². The van der Waals surface area contributed by atoms with Crippen LogP contribution in [0.15, 0.2) is 35.5 Å². The van der Waals surface area contributed by atoms with Crippen LogP contribution in [0.5, 0.6) is 0 Å². The van der Waals surface area contributed by atoms with Crippen LogP contribution >= 0.6 is 11.6 Å². The third-order valence-electron chi connectivity index (χ3n) is 5.16. The van der Waals surface area contributed by atoms with Crippen LogP contribution in [0.2, 0.25) is 5.02 Å². The quantitative estimate of drug-likeness (QED) is 0.860. The van der Waals surface area contributed by atoms with Gasteiger partial charge in [0.25, 0.3) is 0 Å². The topological polar surface area (TPSA) is 71.5 Å². The van der Waals surface area contributed by atoms with Gasteiger partial charge in [-0.05, 0) is 25.3 Å². The zero-order chi connectivity index (χ0) is 18.1. The molecule has 2 aromatic rings. The average molecular weight is 396 g/mol. The van der Waals surface area contributed by atoms with Crippen LogP contribution in [-0.2, 0) is 14.8 Å². The second-order valence-electron chi connectivity index (χ2n) is 6.88. The fourth-order valence-corrected chi connectivity index (χ4v) is 5.85. The van der Waals surface area contributed by atoms with Crippen molar-refractivity contribution in [2.24, 2.45) is 0 Å². The molecule has 26 heavy (non-hydrogen) atoms. The van der Waals surface area contributed by atoms with Crippen LogP contribution in [0.4, 0.5) is 0 Å². The zero-order valence-electron chi connectivity index (χ0n) is 14.4.